The van der Waals surface area contributed by atoms with E-state index in [2.05, 4.69) is 10.3 Å². The average molecular weight is 378 g/mol. The zero-order valence-corrected chi connectivity index (χ0v) is 14.8. The van der Waals surface area contributed by atoms with Crippen LogP contribution in [0.3, 0.4) is 0 Å². The zero-order valence-electron chi connectivity index (χ0n) is 13.1. The molecule has 0 saturated carbocycles. The van der Waals surface area contributed by atoms with Gasteiger partial charge in [-0.25, -0.2) is 13.4 Å². The fourth-order valence-electron chi connectivity index (χ4n) is 2.18. The Labute approximate surface area is 147 Å². The first-order valence-corrected chi connectivity index (χ1v) is 9.85. The highest BCUT2D eigenvalue weighted by molar-refractivity contribution is 7.92. The van der Waals surface area contributed by atoms with Crippen LogP contribution >= 0.6 is 11.3 Å². The summed E-state index contributed by atoms with van der Waals surface area (Å²) >= 11 is 0.862. The third-order valence-electron chi connectivity index (χ3n) is 3.44. The molecule has 0 bridgehead atoms. The number of hydrogen-bond acceptors (Lipinski definition) is 7. The molecule has 2 aromatic heterocycles. The molecule has 0 spiro atoms. The number of benzene rings is 1. The van der Waals surface area contributed by atoms with Crippen LogP contribution in [0.25, 0.3) is 5.69 Å². The fraction of sp³-hybridized carbons (Fsp3) is 0.133. The minimum atomic E-state index is -3.49. The molecule has 25 heavy (non-hydrogen) atoms. The summed E-state index contributed by atoms with van der Waals surface area (Å²) in [6.45, 7) is 0.342. The van der Waals surface area contributed by atoms with E-state index < -0.39 is 14.8 Å². The number of aromatic nitrogens is 2. The monoisotopic (exact) mass is 378 g/mol. The van der Waals surface area contributed by atoms with Crippen molar-refractivity contribution in [3.05, 3.63) is 64.7 Å². The van der Waals surface area contributed by atoms with Gasteiger partial charge in [0.05, 0.1) is 11.3 Å². The van der Waals surface area contributed by atoms with Crippen LogP contribution in [0, 0.1) is 10.1 Å². The molecule has 0 amide bonds. The maximum Gasteiger partial charge on any atom is 0.304 e. The number of nitro groups is 1. The second-order valence-corrected chi connectivity index (χ2v) is 8.59. The number of imidazole rings is 1. The first kappa shape index (κ1) is 17.1. The highest BCUT2D eigenvalue weighted by atomic mass is 32.2. The van der Waals surface area contributed by atoms with Gasteiger partial charge >= 0.3 is 5.69 Å². The van der Waals surface area contributed by atoms with Crippen LogP contribution in [0.2, 0.25) is 0 Å². The summed E-state index contributed by atoms with van der Waals surface area (Å²) in [6, 6.07) is 8.68. The van der Waals surface area contributed by atoms with Crippen molar-refractivity contribution in [1.82, 2.24) is 9.55 Å². The van der Waals surface area contributed by atoms with E-state index in [0.29, 0.717) is 6.54 Å². The third-order valence-corrected chi connectivity index (χ3v) is 6.33. The van der Waals surface area contributed by atoms with E-state index in [1.165, 1.54) is 0 Å². The third kappa shape index (κ3) is 3.86. The Morgan fingerprint density at radius 2 is 2.04 bits per heavy atom. The van der Waals surface area contributed by atoms with Crippen molar-refractivity contribution in [2.75, 3.05) is 11.6 Å². The predicted molar refractivity (Wildman–Crippen MR) is 95.0 cm³/mol. The van der Waals surface area contributed by atoms with E-state index >= 15 is 0 Å². The molecule has 3 aromatic rings. The molecular weight excluding hydrogens is 364 g/mol. The van der Waals surface area contributed by atoms with Crippen molar-refractivity contribution in [3.8, 4) is 5.69 Å². The van der Waals surface area contributed by atoms with Crippen molar-refractivity contribution in [1.29, 1.82) is 0 Å². The van der Waals surface area contributed by atoms with Crippen LogP contribution in [0.5, 0.6) is 0 Å². The number of nitrogens with one attached hydrogen (secondary N) is 1. The van der Waals surface area contributed by atoms with Crippen LogP contribution in [-0.4, -0.2) is 29.1 Å². The standard InChI is InChI=1S/C15H14N4O4S2/c1-25(22,23)14-8-13(19(20)21)15(24-14)17-9-11-2-4-12(5-3-11)18-7-6-16-10-18/h2-8,10,17H,9H2,1H3. The molecule has 1 N–H and O–H groups in total. The smallest absolute Gasteiger partial charge is 0.304 e. The number of hydrogen-bond donors (Lipinski definition) is 1. The highest BCUT2D eigenvalue weighted by Gasteiger charge is 2.23. The van der Waals surface area contributed by atoms with Gasteiger partial charge in [0.2, 0.25) is 0 Å². The van der Waals surface area contributed by atoms with Crippen LogP contribution in [0.15, 0.2) is 53.3 Å². The van der Waals surface area contributed by atoms with Crippen LogP contribution in [0.1, 0.15) is 5.56 Å². The van der Waals surface area contributed by atoms with Gasteiger partial charge in [0.1, 0.15) is 4.21 Å². The minimum absolute atomic E-state index is 0.0304. The van der Waals surface area contributed by atoms with Crippen molar-refractivity contribution < 1.29 is 13.3 Å². The number of anilines is 1. The van der Waals surface area contributed by atoms with Crippen molar-refractivity contribution in [2.45, 2.75) is 10.8 Å². The number of sulfone groups is 1. The molecule has 1 aromatic carbocycles. The molecule has 0 aliphatic carbocycles. The molecule has 3 rings (SSSR count). The Kier molecular flexibility index (Phi) is 4.55. The normalized spacial score (nSPS) is 11.4. The van der Waals surface area contributed by atoms with Crippen molar-refractivity contribution in [2.24, 2.45) is 0 Å². The number of rotatable bonds is 6. The van der Waals surface area contributed by atoms with Crippen LogP contribution in [0.4, 0.5) is 10.7 Å². The number of thiophene rings is 1. The van der Waals surface area contributed by atoms with E-state index in [1.54, 1.807) is 12.5 Å². The molecule has 0 unspecified atom stereocenters. The van der Waals surface area contributed by atoms with Gasteiger partial charge in [0.25, 0.3) is 0 Å². The van der Waals surface area contributed by atoms with Gasteiger partial charge < -0.3 is 9.88 Å². The van der Waals surface area contributed by atoms with Crippen molar-refractivity contribution >= 4 is 31.9 Å². The Hall–Kier alpha value is -2.72. The summed E-state index contributed by atoms with van der Waals surface area (Å²) < 4.78 is 25.0. The lowest BCUT2D eigenvalue weighted by Crippen LogP contribution is -2.00. The molecule has 2 heterocycles. The largest absolute Gasteiger partial charge is 0.367 e. The quantitative estimate of drug-likeness (QED) is 0.522. The Bertz CT molecular complexity index is 993. The van der Waals surface area contributed by atoms with Gasteiger partial charge in [-0.1, -0.05) is 23.5 Å². The lowest BCUT2D eigenvalue weighted by molar-refractivity contribution is -0.383. The highest BCUT2D eigenvalue weighted by Crippen LogP contribution is 2.37. The molecule has 0 atom stereocenters. The summed E-state index contributed by atoms with van der Waals surface area (Å²) in [4.78, 5) is 14.5. The van der Waals surface area contributed by atoms with E-state index in [1.807, 2.05) is 35.0 Å². The maximum absolute atomic E-state index is 11.6. The second kappa shape index (κ2) is 6.65. The maximum atomic E-state index is 11.6. The Morgan fingerprint density at radius 3 is 2.60 bits per heavy atom. The SMILES string of the molecule is CS(=O)(=O)c1cc([N+](=O)[O-])c(NCc2ccc(-n3ccnc3)cc2)s1. The lowest BCUT2D eigenvalue weighted by atomic mass is 10.2. The van der Waals surface area contributed by atoms with Gasteiger partial charge in [0.15, 0.2) is 14.8 Å². The Balaban J connectivity index is 1.77. The molecular formula is C15H14N4O4S2. The molecule has 0 saturated heterocycles. The minimum Gasteiger partial charge on any atom is -0.367 e. The zero-order chi connectivity index (χ0) is 18.0. The molecule has 130 valence electrons. The van der Waals surface area contributed by atoms with Gasteiger partial charge in [0, 0.05) is 36.9 Å². The van der Waals surface area contributed by atoms with E-state index in [-0.39, 0.29) is 14.9 Å². The predicted octanol–water partition coefficient (Wildman–Crippen LogP) is 2.86. The molecule has 0 fully saturated rings. The van der Waals surface area contributed by atoms with Crippen LogP contribution in [-0.2, 0) is 16.4 Å². The molecule has 0 aliphatic rings. The van der Waals surface area contributed by atoms with E-state index in [9.17, 15) is 18.5 Å². The second-order valence-electron chi connectivity index (χ2n) is 5.30. The van der Waals surface area contributed by atoms with Crippen molar-refractivity contribution in [3.63, 3.8) is 0 Å². The summed E-state index contributed by atoms with van der Waals surface area (Å²) in [5, 5.41) is 14.3. The van der Waals surface area contributed by atoms with E-state index in [0.717, 1.165) is 34.9 Å². The van der Waals surface area contributed by atoms with Gasteiger partial charge in [-0.2, -0.15) is 0 Å². The molecule has 0 radical (unpaired) electrons. The fourth-order valence-corrected chi connectivity index (χ4v) is 4.12. The average Bonchev–Trinajstić information content (AvgIpc) is 3.22. The molecule has 10 heteroatoms. The van der Waals surface area contributed by atoms with E-state index in [4.69, 9.17) is 0 Å². The molecule has 0 aliphatic heterocycles. The topological polar surface area (TPSA) is 107 Å². The lowest BCUT2D eigenvalue weighted by Gasteiger charge is -2.06. The Morgan fingerprint density at radius 1 is 1.32 bits per heavy atom. The first-order chi connectivity index (χ1) is 11.8. The summed E-state index contributed by atoms with van der Waals surface area (Å²) in [6.07, 6.45) is 6.23. The first-order valence-electron chi connectivity index (χ1n) is 7.14. The van der Waals surface area contributed by atoms with Crippen LogP contribution < -0.4 is 5.32 Å². The summed E-state index contributed by atoms with van der Waals surface area (Å²) in [5.74, 6) is 0. The van der Waals surface area contributed by atoms with Gasteiger partial charge in [-0.15, -0.1) is 0 Å². The number of nitrogens with zero attached hydrogens (tertiary/aromatic N) is 3. The summed E-state index contributed by atoms with van der Waals surface area (Å²) in [5.41, 5.74) is 1.62. The molecule has 8 nitrogen and oxygen atoms in total. The van der Waals surface area contributed by atoms with Gasteiger partial charge in [-0.05, 0) is 17.7 Å². The van der Waals surface area contributed by atoms with Gasteiger partial charge in [-0.3, -0.25) is 10.1 Å². The summed E-state index contributed by atoms with van der Waals surface area (Å²) in [7, 11) is -3.49.